The van der Waals surface area contributed by atoms with Crippen molar-refractivity contribution in [2.75, 3.05) is 7.11 Å². The Morgan fingerprint density at radius 3 is 2.37 bits per heavy atom. The summed E-state index contributed by atoms with van der Waals surface area (Å²) in [6.45, 7) is 2.01. The topological polar surface area (TPSA) is 9.23 Å². The maximum Gasteiger partial charge on any atom is 0.131 e. The first kappa shape index (κ1) is 14.5. The van der Waals surface area contributed by atoms with Gasteiger partial charge in [-0.15, -0.1) is 0 Å². The smallest absolute Gasteiger partial charge is 0.131 e. The molecule has 0 amide bonds. The van der Waals surface area contributed by atoms with Gasteiger partial charge in [0.25, 0.3) is 0 Å². The van der Waals surface area contributed by atoms with Crippen LogP contribution in [0.1, 0.15) is 21.5 Å². The summed E-state index contributed by atoms with van der Waals surface area (Å²) in [7, 11) is 1.53. The van der Waals surface area contributed by atoms with Crippen molar-refractivity contribution in [2.24, 2.45) is 0 Å². The van der Waals surface area contributed by atoms with Crippen molar-refractivity contribution in [3.05, 3.63) is 63.4 Å². The van der Waals surface area contributed by atoms with Gasteiger partial charge in [-0.05, 0) is 36.2 Å². The molecule has 0 bridgehead atoms. The normalized spacial score (nSPS) is 12.3. The van der Waals surface area contributed by atoms with Gasteiger partial charge in [0, 0.05) is 16.1 Å². The van der Waals surface area contributed by atoms with Crippen molar-refractivity contribution in [3.63, 3.8) is 0 Å². The van der Waals surface area contributed by atoms with Crippen molar-refractivity contribution in [3.8, 4) is 5.75 Å². The number of aryl methyl sites for hydroxylation is 1. The zero-order chi connectivity index (χ0) is 14.0. The highest BCUT2D eigenvalue weighted by atomic mass is 79.9. The van der Waals surface area contributed by atoms with Gasteiger partial charge in [-0.25, -0.2) is 4.39 Å². The molecule has 100 valence electrons. The third kappa shape index (κ3) is 3.18. The molecule has 0 aliphatic carbocycles. The molecule has 2 aromatic rings. The molecular weight excluding hydrogens is 375 g/mol. The highest BCUT2D eigenvalue weighted by Gasteiger charge is 2.17. The van der Waals surface area contributed by atoms with Crippen LogP contribution in [0.3, 0.4) is 0 Å². The van der Waals surface area contributed by atoms with E-state index < -0.39 is 0 Å². The van der Waals surface area contributed by atoms with Gasteiger partial charge in [0.05, 0.1) is 11.9 Å². The molecule has 1 nitrogen and oxygen atoms in total. The van der Waals surface area contributed by atoms with E-state index in [2.05, 4.69) is 31.9 Å². The minimum atomic E-state index is -0.274. The minimum Gasteiger partial charge on any atom is -0.497 e. The van der Waals surface area contributed by atoms with Gasteiger partial charge in [0.2, 0.25) is 0 Å². The fourth-order valence-electron chi connectivity index (χ4n) is 1.93. The van der Waals surface area contributed by atoms with Crippen molar-refractivity contribution < 1.29 is 9.13 Å². The van der Waals surface area contributed by atoms with E-state index in [1.54, 1.807) is 12.1 Å². The van der Waals surface area contributed by atoms with Gasteiger partial charge in [-0.3, -0.25) is 0 Å². The summed E-state index contributed by atoms with van der Waals surface area (Å²) in [5, 5.41) is 0. The molecule has 0 aliphatic heterocycles. The average Bonchev–Trinajstić information content (AvgIpc) is 2.37. The summed E-state index contributed by atoms with van der Waals surface area (Å²) < 4.78 is 20.1. The molecule has 0 N–H and O–H groups in total. The van der Waals surface area contributed by atoms with Crippen LogP contribution in [0.25, 0.3) is 0 Å². The minimum absolute atomic E-state index is 0.175. The first-order valence-corrected chi connectivity index (χ1v) is 7.47. The van der Waals surface area contributed by atoms with Gasteiger partial charge in [0.1, 0.15) is 11.6 Å². The molecule has 1 unspecified atom stereocenters. The molecule has 2 rings (SSSR count). The Morgan fingerprint density at radius 2 is 1.79 bits per heavy atom. The fourth-order valence-corrected chi connectivity index (χ4v) is 3.29. The van der Waals surface area contributed by atoms with Crippen LogP contribution in [-0.2, 0) is 0 Å². The Morgan fingerprint density at radius 1 is 1.11 bits per heavy atom. The van der Waals surface area contributed by atoms with E-state index in [4.69, 9.17) is 4.74 Å². The number of hydrogen-bond acceptors (Lipinski definition) is 1. The van der Waals surface area contributed by atoms with Crippen molar-refractivity contribution >= 4 is 31.9 Å². The first-order chi connectivity index (χ1) is 9.02. The van der Waals surface area contributed by atoms with Crippen molar-refractivity contribution in [1.82, 2.24) is 0 Å². The predicted octanol–water partition coefficient (Wildman–Crippen LogP) is 5.39. The summed E-state index contributed by atoms with van der Waals surface area (Å²) in [6, 6.07) is 10.9. The van der Waals surface area contributed by atoms with Crippen LogP contribution in [-0.4, -0.2) is 7.11 Å². The first-order valence-electron chi connectivity index (χ1n) is 5.76. The lowest BCUT2D eigenvalue weighted by Crippen LogP contribution is -1.99. The fraction of sp³-hybridized carbons (Fsp3) is 0.200. The van der Waals surface area contributed by atoms with Gasteiger partial charge >= 0.3 is 0 Å². The van der Waals surface area contributed by atoms with Gasteiger partial charge < -0.3 is 4.74 Å². The Balaban J connectivity index is 2.41. The highest BCUT2D eigenvalue weighted by molar-refractivity contribution is 9.10. The Labute approximate surface area is 129 Å². The summed E-state index contributed by atoms with van der Waals surface area (Å²) in [5.41, 5.74) is 2.75. The number of ether oxygens (including phenoxy) is 1. The lowest BCUT2D eigenvalue weighted by Gasteiger charge is -2.15. The zero-order valence-corrected chi connectivity index (χ0v) is 13.8. The SMILES string of the molecule is COc1ccc(C(Br)c2ccc(Br)cc2C)c(F)c1. The maximum atomic E-state index is 14.1. The van der Waals surface area contributed by atoms with Gasteiger partial charge in [-0.2, -0.15) is 0 Å². The molecule has 0 saturated carbocycles. The molecule has 0 fully saturated rings. The summed E-state index contributed by atoms with van der Waals surface area (Å²) in [6.07, 6.45) is 0. The number of benzene rings is 2. The summed E-state index contributed by atoms with van der Waals surface area (Å²) >= 11 is 7.00. The van der Waals surface area contributed by atoms with E-state index in [0.29, 0.717) is 11.3 Å². The quantitative estimate of drug-likeness (QED) is 0.641. The number of methoxy groups -OCH3 is 1. The summed E-state index contributed by atoms with van der Waals surface area (Å²) in [4.78, 5) is -0.175. The molecule has 0 heterocycles. The molecule has 1 atom stereocenters. The van der Waals surface area contributed by atoms with Crippen molar-refractivity contribution in [1.29, 1.82) is 0 Å². The van der Waals surface area contributed by atoms with E-state index in [-0.39, 0.29) is 10.6 Å². The van der Waals surface area contributed by atoms with E-state index in [1.165, 1.54) is 13.2 Å². The maximum absolute atomic E-state index is 14.1. The molecule has 0 aliphatic rings. The second kappa shape index (κ2) is 6.06. The monoisotopic (exact) mass is 386 g/mol. The average molecular weight is 388 g/mol. The standard InChI is InChI=1S/C15H13Br2FO/c1-9-7-10(16)3-5-12(9)15(17)13-6-4-11(19-2)8-14(13)18/h3-8,15H,1-2H3. The van der Waals surface area contributed by atoms with E-state index in [1.807, 2.05) is 25.1 Å². The largest absolute Gasteiger partial charge is 0.497 e. The van der Waals surface area contributed by atoms with Crippen LogP contribution in [0.4, 0.5) is 4.39 Å². The third-order valence-corrected chi connectivity index (χ3v) is 4.47. The second-order valence-electron chi connectivity index (χ2n) is 4.25. The summed E-state index contributed by atoms with van der Waals surface area (Å²) in [5.74, 6) is 0.247. The highest BCUT2D eigenvalue weighted by Crippen LogP contribution is 2.36. The molecular formula is C15H13Br2FO. The lowest BCUT2D eigenvalue weighted by atomic mass is 10.00. The molecule has 19 heavy (non-hydrogen) atoms. The number of halogens is 3. The van der Waals surface area contributed by atoms with Gasteiger partial charge in [0.15, 0.2) is 0 Å². The molecule has 0 radical (unpaired) electrons. The predicted molar refractivity (Wildman–Crippen MR) is 82.6 cm³/mol. The lowest BCUT2D eigenvalue weighted by molar-refractivity contribution is 0.411. The van der Waals surface area contributed by atoms with E-state index in [9.17, 15) is 4.39 Å². The van der Waals surface area contributed by atoms with Crippen LogP contribution in [0.5, 0.6) is 5.75 Å². The van der Waals surface area contributed by atoms with E-state index >= 15 is 0 Å². The van der Waals surface area contributed by atoms with Crippen LogP contribution >= 0.6 is 31.9 Å². The Hall–Kier alpha value is -0.870. The van der Waals surface area contributed by atoms with Crippen LogP contribution in [0.15, 0.2) is 40.9 Å². The van der Waals surface area contributed by atoms with E-state index in [0.717, 1.165) is 15.6 Å². The van der Waals surface area contributed by atoms with Gasteiger partial charge in [-0.1, -0.05) is 44.0 Å². The number of rotatable bonds is 3. The van der Waals surface area contributed by atoms with Crippen LogP contribution in [0.2, 0.25) is 0 Å². The molecule has 4 heteroatoms. The molecule has 2 aromatic carbocycles. The van der Waals surface area contributed by atoms with Crippen LogP contribution < -0.4 is 4.74 Å². The zero-order valence-electron chi connectivity index (χ0n) is 10.6. The van der Waals surface area contributed by atoms with Crippen molar-refractivity contribution in [2.45, 2.75) is 11.8 Å². The van der Waals surface area contributed by atoms with Crippen LogP contribution in [0, 0.1) is 12.7 Å². The second-order valence-corrected chi connectivity index (χ2v) is 6.08. The molecule has 0 spiro atoms. The number of alkyl halides is 1. The third-order valence-electron chi connectivity index (χ3n) is 2.99. The molecule has 0 aromatic heterocycles. The Kier molecular flexibility index (Phi) is 4.63. The molecule has 0 saturated heterocycles. The number of hydrogen-bond donors (Lipinski definition) is 0. The Bertz CT molecular complexity index is 599.